The number of rotatable bonds is 2. The Bertz CT molecular complexity index is 155. The fourth-order valence-corrected chi connectivity index (χ4v) is 0.799. The average Bonchev–Trinajstić information content (AvgIpc) is 1.96. The molecule has 0 N–H and O–H groups in total. The predicted octanol–water partition coefficient (Wildman–Crippen LogP) is 1.63. The van der Waals surface area contributed by atoms with Gasteiger partial charge >= 0.3 is 6.09 Å². The third-order valence-electron chi connectivity index (χ3n) is 1.84. The Morgan fingerprint density at radius 3 is 2.91 bits per heavy atom. The van der Waals surface area contributed by atoms with Gasteiger partial charge in [0.15, 0.2) is 0 Å². The molecule has 1 saturated heterocycles. The topological polar surface area (TPSA) is 29.5 Å². The highest BCUT2D eigenvalue weighted by atomic mass is 16.6. The summed E-state index contributed by atoms with van der Waals surface area (Å²) >= 11 is 0. The Hall–Kier alpha value is -0.730. The lowest BCUT2D eigenvalue weighted by atomic mass is 10.2. The van der Waals surface area contributed by atoms with Crippen molar-refractivity contribution in [2.45, 2.75) is 32.8 Å². The van der Waals surface area contributed by atoms with Gasteiger partial charge in [-0.25, -0.2) is 4.79 Å². The Kier molecular flexibility index (Phi) is 2.27. The van der Waals surface area contributed by atoms with Crippen molar-refractivity contribution in [2.75, 3.05) is 13.1 Å². The van der Waals surface area contributed by atoms with Gasteiger partial charge in [-0.2, -0.15) is 0 Å². The van der Waals surface area contributed by atoms with E-state index in [0.717, 1.165) is 25.9 Å². The molecule has 1 atom stereocenters. The molecule has 0 saturated carbocycles. The second-order valence-corrected chi connectivity index (χ2v) is 2.75. The minimum absolute atomic E-state index is 0.163. The largest absolute Gasteiger partial charge is 0.446 e. The molecule has 0 spiro atoms. The molecule has 1 amide bonds. The SMILES string of the molecule is [2H]CC(CC)OC(=O)N1CCC1. The summed E-state index contributed by atoms with van der Waals surface area (Å²) in [5, 5.41) is 0. The van der Waals surface area contributed by atoms with Crippen molar-refractivity contribution < 1.29 is 10.9 Å². The molecule has 3 nitrogen and oxygen atoms in total. The smallest absolute Gasteiger partial charge is 0.410 e. The highest BCUT2D eigenvalue weighted by molar-refractivity contribution is 5.68. The van der Waals surface area contributed by atoms with Crippen LogP contribution >= 0.6 is 0 Å². The second kappa shape index (κ2) is 3.60. The van der Waals surface area contributed by atoms with Crippen LogP contribution in [0.5, 0.6) is 0 Å². The first-order valence-electron chi connectivity index (χ1n) is 4.73. The van der Waals surface area contributed by atoms with Crippen molar-refractivity contribution in [3.8, 4) is 0 Å². The van der Waals surface area contributed by atoms with E-state index in [0.29, 0.717) is 0 Å². The first kappa shape index (κ1) is 6.95. The molecule has 1 fully saturated rings. The molecule has 0 bridgehead atoms. The standard InChI is InChI=1S/C8H15NO2/c1-3-7(2)11-8(10)9-5-4-6-9/h7H,3-6H2,1-2H3/i2D. The van der Waals surface area contributed by atoms with Gasteiger partial charge in [-0.15, -0.1) is 0 Å². The lowest BCUT2D eigenvalue weighted by Crippen LogP contribution is -2.43. The van der Waals surface area contributed by atoms with Gasteiger partial charge in [-0.1, -0.05) is 6.92 Å². The molecule has 1 unspecified atom stereocenters. The van der Waals surface area contributed by atoms with Crippen LogP contribution in [0.4, 0.5) is 4.79 Å². The van der Waals surface area contributed by atoms with Gasteiger partial charge in [0.1, 0.15) is 6.10 Å². The highest BCUT2D eigenvalue weighted by Crippen LogP contribution is 2.09. The first-order valence-corrected chi connectivity index (χ1v) is 4.02. The molecule has 0 aromatic heterocycles. The van der Waals surface area contributed by atoms with Crippen LogP contribution in [-0.4, -0.2) is 30.2 Å². The van der Waals surface area contributed by atoms with Crippen molar-refractivity contribution in [1.29, 1.82) is 0 Å². The van der Waals surface area contributed by atoms with Crippen LogP contribution in [0.2, 0.25) is 0 Å². The average molecular weight is 158 g/mol. The van der Waals surface area contributed by atoms with E-state index in [1.54, 1.807) is 4.90 Å². The molecule has 0 radical (unpaired) electrons. The molecule has 0 aromatic rings. The molecule has 1 aliphatic rings. The van der Waals surface area contributed by atoms with E-state index in [-0.39, 0.29) is 19.1 Å². The zero-order valence-corrected chi connectivity index (χ0v) is 6.88. The van der Waals surface area contributed by atoms with Gasteiger partial charge in [-0.3, -0.25) is 0 Å². The lowest BCUT2D eigenvalue weighted by molar-refractivity contribution is 0.0516. The fourth-order valence-electron chi connectivity index (χ4n) is 0.799. The van der Waals surface area contributed by atoms with Crippen LogP contribution in [-0.2, 0) is 4.74 Å². The summed E-state index contributed by atoms with van der Waals surface area (Å²) in [7, 11) is 0. The quantitative estimate of drug-likeness (QED) is 0.611. The number of amides is 1. The highest BCUT2D eigenvalue weighted by Gasteiger charge is 2.22. The zero-order chi connectivity index (χ0) is 8.97. The molecule has 0 aliphatic carbocycles. The van der Waals surface area contributed by atoms with Crippen LogP contribution in [0.3, 0.4) is 0 Å². The number of hydrogen-bond acceptors (Lipinski definition) is 2. The maximum atomic E-state index is 11.2. The number of nitrogens with zero attached hydrogens (tertiary/aromatic N) is 1. The Labute approximate surface area is 68.7 Å². The number of carbonyl (C=O) groups is 1. The molecule has 11 heavy (non-hydrogen) atoms. The van der Waals surface area contributed by atoms with E-state index in [1.807, 2.05) is 6.92 Å². The number of carbonyl (C=O) groups excluding carboxylic acids is 1. The normalized spacial score (nSPS) is 20.1. The maximum Gasteiger partial charge on any atom is 0.410 e. The van der Waals surface area contributed by atoms with Crippen LogP contribution in [0.1, 0.15) is 28.0 Å². The Balaban J connectivity index is 2.23. The molecular weight excluding hydrogens is 142 g/mol. The van der Waals surface area contributed by atoms with Gasteiger partial charge in [-0.05, 0) is 19.7 Å². The molecule has 0 aromatic carbocycles. The van der Waals surface area contributed by atoms with Crippen molar-refractivity contribution in [3.05, 3.63) is 0 Å². The summed E-state index contributed by atoms with van der Waals surface area (Å²) in [6.45, 7) is 3.71. The fraction of sp³-hybridized carbons (Fsp3) is 0.875. The molecule has 1 rings (SSSR count). The summed E-state index contributed by atoms with van der Waals surface area (Å²) in [5.41, 5.74) is 0. The molecule has 64 valence electrons. The third-order valence-corrected chi connectivity index (χ3v) is 1.84. The van der Waals surface area contributed by atoms with Crippen molar-refractivity contribution in [3.63, 3.8) is 0 Å². The van der Waals surface area contributed by atoms with E-state index in [9.17, 15) is 4.79 Å². The van der Waals surface area contributed by atoms with Gasteiger partial charge < -0.3 is 9.64 Å². The molecule has 3 heteroatoms. The second-order valence-electron chi connectivity index (χ2n) is 2.75. The minimum atomic E-state index is -0.250. The van der Waals surface area contributed by atoms with E-state index in [4.69, 9.17) is 6.11 Å². The third kappa shape index (κ3) is 2.10. The Morgan fingerprint density at radius 2 is 2.55 bits per heavy atom. The van der Waals surface area contributed by atoms with Gasteiger partial charge in [0.2, 0.25) is 0 Å². The summed E-state index contributed by atoms with van der Waals surface area (Å²) in [5.74, 6) is 0. The monoisotopic (exact) mass is 158 g/mol. The molecular formula is C8H15NO2. The van der Waals surface area contributed by atoms with Crippen LogP contribution in [0.15, 0.2) is 0 Å². The van der Waals surface area contributed by atoms with E-state index >= 15 is 0 Å². The number of hydrogen-bond donors (Lipinski definition) is 0. The van der Waals surface area contributed by atoms with Crippen molar-refractivity contribution in [2.24, 2.45) is 0 Å². The minimum Gasteiger partial charge on any atom is -0.446 e. The lowest BCUT2D eigenvalue weighted by Gasteiger charge is -2.30. The van der Waals surface area contributed by atoms with Crippen molar-refractivity contribution in [1.82, 2.24) is 4.90 Å². The first-order chi connectivity index (χ1) is 5.77. The maximum absolute atomic E-state index is 11.2. The van der Waals surface area contributed by atoms with Crippen LogP contribution < -0.4 is 0 Å². The summed E-state index contributed by atoms with van der Waals surface area (Å²) in [4.78, 5) is 12.8. The predicted molar refractivity (Wildman–Crippen MR) is 42.4 cm³/mol. The zero-order valence-electron chi connectivity index (χ0n) is 7.88. The van der Waals surface area contributed by atoms with E-state index in [2.05, 4.69) is 0 Å². The van der Waals surface area contributed by atoms with Crippen LogP contribution in [0.25, 0.3) is 0 Å². The number of ether oxygens (including phenoxy) is 1. The van der Waals surface area contributed by atoms with Gasteiger partial charge in [0.05, 0.1) is 0 Å². The van der Waals surface area contributed by atoms with Crippen molar-refractivity contribution >= 4 is 6.09 Å². The van der Waals surface area contributed by atoms with Gasteiger partial charge in [0.25, 0.3) is 0 Å². The Morgan fingerprint density at radius 1 is 1.82 bits per heavy atom. The summed E-state index contributed by atoms with van der Waals surface area (Å²) in [6, 6.07) is 0. The molecule has 1 aliphatic heterocycles. The van der Waals surface area contributed by atoms with E-state index in [1.165, 1.54) is 0 Å². The number of likely N-dealkylation sites (tertiary alicyclic amines) is 1. The molecule has 1 heterocycles. The summed E-state index contributed by atoms with van der Waals surface area (Å²) < 4.78 is 12.1. The van der Waals surface area contributed by atoms with Gasteiger partial charge in [0, 0.05) is 14.5 Å². The summed E-state index contributed by atoms with van der Waals surface area (Å²) in [6.07, 6.45) is 1.33. The van der Waals surface area contributed by atoms with E-state index < -0.39 is 0 Å². The van der Waals surface area contributed by atoms with Crippen LogP contribution in [0, 0.1) is 0 Å².